The van der Waals surface area contributed by atoms with Gasteiger partial charge in [-0.2, -0.15) is 10.5 Å². The zero-order valence-corrected chi connectivity index (χ0v) is 9.70. The van der Waals surface area contributed by atoms with Gasteiger partial charge in [0, 0.05) is 6.20 Å². The lowest BCUT2D eigenvalue weighted by Crippen LogP contribution is -2.14. The van der Waals surface area contributed by atoms with E-state index in [9.17, 15) is 0 Å². The van der Waals surface area contributed by atoms with Crippen molar-refractivity contribution in [2.45, 2.75) is 19.8 Å². The molecule has 0 amide bonds. The van der Waals surface area contributed by atoms with E-state index in [1.807, 2.05) is 24.3 Å². The summed E-state index contributed by atoms with van der Waals surface area (Å²) in [4.78, 5) is 0. The molecular weight excluding hydrogens is 212 g/mol. The number of rotatable bonds is 5. The average molecular weight is 226 g/mol. The second kappa shape index (κ2) is 6.92. The number of aryl methyl sites for hydroxylation is 1. The van der Waals surface area contributed by atoms with Crippen LogP contribution < -0.4 is 10.9 Å². The molecule has 1 aromatic carbocycles. The number of nitriles is 2. The summed E-state index contributed by atoms with van der Waals surface area (Å²) < 4.78 is 0. The van der Waals surface area contributed by atoms with Gasteiger partial charge < -0.3 is 10.9 Å². The fourth-order valence-corrected chi connectivity index (χ4v) is 1.32. The highest BCUT2D eigenvalue weighted by Gasteiger charge is 1.93. The Morgan fingerprint density at radius 1 is 1.24 bits per heavy atom. The zero-order chi connectivity index (χ0) is 12.5. The van der Waals surface area contributed by atoms with Gasteiger partial charge in [0.05, 0.1) is 5.69 Å². The Balaban J connectivity index is 2.51. The summed E-state index contributed by atoms with van der Waals surface area (Å²) >= 11 is 0. The van der Waals surface area contributed by atoms with Crippen molar-refractivity contribution >= 4 is 5.69 Å². The van der Waals surface area contributed by atoms with Crippen molar-refractivity contribution in [2.75, 3.05) is 5.43 Å². The van der Waals surface area contributed by atoms with Gasteiger partial charge in [0.1, 0.15) is 17.7 Å². The number of hydrazine groups is 1. The Bertz CT molecular complexity index is 444. The summed E-state index contributed by atoms with van der Waals surface area (Å²) in [7, 11) is 0. The molecule has 0 spiro atoms. The number of nitrogens with zero attached hydrogens (tertiary/aromatic N) is 2. The van der Waals surface area contributed by atoms with Crippen molar-refractivity contribution in [2.24, 2.45) is 0 Å². The number of hydrogen-bond acceptors (Lipinski definition) is 4. The Morgan fingerprint density at radius 3 is 2.41 bits per heavy atom. The van der Waals surface area contributed by atoms with E-state index >= 15 is 0 Å². The Labute approximate surface area is 101 Å². The van der Waals surface area contributed by atoms with Crippen LogP contribution in [0.1, 0.15) is 18.9 Å². The van der Waals surface area contributed by atoms with E-state index in [-0.39, 0.29) is 5.57 Å². The average Bonchev–Trinajstić information content (AvgIpc) is 2.37. The number of benzene rings is 1. The first-order valence-electron chi connectivity index (χ1n) is 5.41. The predicted molar refractivity (Wildman–Crippen MR) is 66.5 cm³/mol. The third kappa shape index (κ3) is 4.27. The quantitative estimate of drug-likeness (QED) is 0.597. The largest absolute Gasteiger partial charge is 0.306 e. The first kappa shape index (κ1) is 12.6. The van der Waals surface area contributed by atoms with Crippen LogP contribution in [0.3, 0.4) is 0 Å². The van der Waals surface area contributed by atoms with Crippen molar-refractivity contribution in [3.8, 4) is 12.1 Å². The highest BCUT2D eigenvalue weighted by Crippen LogP contribution is 2.09. The molecule has 86 valence electrons. The number of nitrogens with one attached hydrogen (secondary N) is 2. The van der Waals surface area contributed by atoms with E-state index < -0.39 is 0 Å². The molecule has 0 radical (unpaired) electrons. The Kier molecular flexibility index (Phi) is 5.13. The standard InChI is InChI=1S/C13H14N4/c1-2-3-11-4-6-13(7-5-11)17-16-10-12(8-14)9-15/h4-7,10,16-17H,2-3H2,1H3. The molecule has 0 heterocycles. The maximum absolute atomic E-state index is 8.51. The van der Waals surface area contributed by atoms with Crippen molar-refractivity contribution in [1.82, 2.24) is 5.43 Å². The predicted octanol–water partition coefficient (Wildman–Crippen LogP) is 2.49. The fraction of sp³-hybridized carbons (Fsp3) is 0.231. The molecule has 4 nitrogen and oxygen atoms in total. The molecule has 0 aliphatic rings. The number of allylic oxidation sites excluding steroid dienone is 1. The smallest absolute Gasteiger partial charge is 0.147 e. The highest BCUT2D eigenvalue weighted by molar-refractivity contribution is 5.44. The van der Waals surface area contributed by atoms with E-state index in [1.165, 1.54) is 11.8 Å². The van der Waals surface area contributed by atoms with Crippen molar-refractivity contribution in [3.05, 3.63) is 41.6 Å². The lowest BCUT2D eigenvalue weighted by Gasteiger charge is -2.06. The molecule has 0 saturated carbocycles. The zero-order valence-electron chi connectivity index (χ0n) is 9.70. The van der Waals surface area contributed by atoms with E-state index in [1.54, 1.807) is 12.1 Å². The van der Waals surface area contributed by atoms with Crippen LogP contribution in [0.25, 0.3) is 0 Å². The number of anilines is 1. The summed E-state index contributed by atoms with van der Waals surface area (Å²) in [5.41, 5.74) is 7.79. The molecule has 0 bridgehead atoms. The van der Waals surface area contributed by atoms with Crippen LogP contribution in [0.2, 0.25) is 0 Å². The van der Waals surface area contributed by atoms with Gasteiger partial charge >= 0.3 is 0 Å². The first-order valence-corrected chi connectivity index (χ1v) is 5.41. The summed E-state index contributed by atoms with van der Waals surface area (Å²) in [6, 6.07) is 11.5. The molecule has 0 unspecified atom stereocenters. The number of hydrogen-bond donors (Lipinski definition) is 2. The molecule has 0 saturated heterocycles. The Hall–Kier alpha value is -2.46. The third-order valence-electron chi connectivity index (χ3n) is 2.17. The molecule has 17 heavy (non-hydrogen) atoms. The van der Waals surface area contributed by atoms with Gasteiger partial charge in [-0.25, -0.2) is 0 Å². The normalized spacial score (nSPS) is 8.65. The van der Waals surface area contributed by atoms with Gasteiger partial charge in [-0.3, -0.25) is 0 Å². The lowest BCUT2D eigenvalue weighted by atomic mass is 10.1. The van der Waals surface area contributed by atoms with Gasteiger partial charge in [0.2, 0.25) is 0 Å². The molecule has 4 heteroatoms. The van der Waals surface area contributed by atoms with E-state index in [0.29, 0.717) is 0 Å². The van der Waals surface area contributed by atoms with Crippen LogP contribution in [0.15, 0.2) is 36.0 Å². The summed E-state index contributed by atoms with van der Waals surface area (Å²) in [6.07, 6.45) is 3.53. The molecule has 0 aliphatic heterocycles. The van der Waals surface area contributed by atoms with Crippen molar-refractivity contribution in [3.63, 3.8) is 0 Å². The van der Waals surface area contributed by atoms with Gasteiger partial charge in [-0.1, -0.05) is 25.5 Å². The Morgan fingerprint density at radius 2 is 1.88 bits per heavy atom. The van der Waals surface area contributed by atoms with Crippen molar-refractivity contribution in [1.29, 1.82) is 10.5 Å². The second-order valence-corrected chi connectivity index (χ2v) is 3.50. The molecule has 0 atom stereocenters. The second-order valence-electron chi connectivity index (χ2n) is 3.50. The monoisotopic (exact) mass is 226 g/mol. The fourth-order valence-electron chi connectivity index (χ4n) is 1.32. The molecule has 0 aliphatic carbocycles. The minimum absolute atomic E-state index is 0.0279. The SMILES string of the molecule is CCCc1ccc(NNC=C(C#N)C#N)cc1. The van der Waals surface area contributed by atoms with Gasteiger partial charge in [0.25, 0.3) is 0 Å². The maximum Gasteiger partial charge on any atom is 0.147 e. The molecule has 1 aromatic rings. The minimum atomic E-state index is 0.0279. The molecule has 2 N–H and O–H groups in total. The van der Waals surface area contributed by atoms with Gasteiger partial charge in [-0.05, 0) is 24.1 Å². The van der Waals surface area contributed by atoms with Gasteiger partial charge in [0.15, 0.2) is 0 Å². The molecule has 0 fully saturated rings. The van der Waals surface area contributed by atoms with Crippen LogP contribution in [-0.4, -0.2) is 0 Å². The third-order valence-corrected chi connectivity index (χ3v) is 2.17. The van der Waals surface area contributed by atoms with Crippen molar-refractivity contribution < 1.29 is 0 Å². The van der Waals surface area contributed by atoms with Crippen LogP contribution in [0.4, 0.5) is 5.69 Å². The topological polar surface area (TPSA) is 71.6 Å². The summed E-state index contributed by atoms with van der Waals surface area (Å²) in [5.74, 6) is 0. The molecule has 1 rings (SSSR count). The van der Waals surface area contributed by atoms with Crippen LogP contribution in [-0.2, 0) is 6.42 Å². The summed E-state index contributed by atoms with van der Waals surface area (Å²) in [6.45, 7) is 2.14. The van der Waals surface area contributed by atoms with Crippen LogP contribution in [0.5, 0.6) is 0 Å². The van der Waals surface area contributed by atoms with E-state index in [4.69, 9.17) is 10.5 Å². The lowest BCUT2D eigenvalue weighted by molar-refractivity contribution is 0.921. The maximum atomic E-state index is 8.51. The summed E-state index contributed by atoms with van der Waals surface area (Å²) in [5, 5.41) is 17.0. The molecular formula is C13H14N4. The first-order chi connectivity index (χ1) is 8.30. The highest BCUT2D eigenvalue weighted by atomic mass is 15.3. The minimum Gasteiger partial charge on any atom is -0.306 e. The molecule has 0 aromatic heterocycles. The van der Waals surface area contributed by atoms with E-state index in [0.717, 1.165) is 18.5 Å². The van der Waals surface area contributed by atoms with E-state index in [2.05, 4.69) is 17.8 Å². The van der Waals surface area contributed by atoms with Crippen LogP contribution >= 0.6 is 0 Å². The van der Waals surface area contributed by atoms with Gasteiger partial charge in [-0.15, -0.1) is 0 Å². The van der Waals surface area contributed by atoms with Crippen LogP contribution in [0, 0.1) is 22.7 Å².